The maximum atomic E-state index is 11.0. The number of unbranched alkanes of at least 4 members (excludes halogenated alkanes) is 1. The molecule has 1 aromatic heterocycles. The number of aliphatic hydroxyl groups is 1. The number of hydrogen-bond acceptors (Lipinski definition) is 4. The second-order valence-corrected chi connectivity index (χ2v) is 5.70. The second-order valence-electron chi connectivity index (χ2n) is 4.81. The number of nitrogens with zero attached hydrogens (tertiary/aromatic N) is 2. The highest BCUT2D eigenvalue weighted by Crippen LogP contribution is 2.34. The smallest absolute Gasteiger partial charge is 0.171 e. The van der Waals surface area contributed by atoms with E-state index >= 15 is 0 Å². The number of likely N-dealkylation sites (tertiary alicyclic amines) is 1. The lowest BCUT2D eigenvalue weighted by Crippen LogP contribution is -2.48. The fourth-order valence-electron chi connectivity index (χ4n) is 2.51. The van der Waals surface area contributed by atoms with Gasteiger partial charge in [0.1, 0.15) is 5.01 Å². The summed E-state index contributed by atoms with van der Waals surface area (Å²) in [6.45, 7) is 4.16. The number of piperidine rings is 1. The van der Waals surface area contributed by atoms with E-state index in [1.165, 1.54) is 19.3 Å². The van der Waals surface area contributed by atoms with Crippen LogP contribution < -0.4 is 0 Å². The average Bonchev–Trinajstić information content (AvgIpc) is 2.91. The van der Waals surface area contributed by atoms with Crippen LogP contribution in [0, 0.1) is 0 Å². The molecule has 1 saturated heterocycles. The van der Waals surface area contributed by atoms with Gasteiger partial charge in [-0.15, -0.1) is 11.3 Å². The first-order chi connectivity index (χ1) is 8.27. The minimum absolute atomic E-state index is 0.803. The van der Waals surface area contributed by atoms with Gasteiger partial charge in [-0.1, -0.05) is 19.8 Å². The Bertz CT molecular complexity index is 322. The van der Waals surface area contributed by atoms with Crippen molar-refractivity contribution in [2.75, 3.05) is 13.1 Å². The predicted molar refractivity (Wildman–Crippen MR) is 71.0 cm³/mol. The molecule has 96 valence electrons. The van der Waals surface area contributed by atoms with E-state index in [1.807, 2.05) is 5.38 Å². The Balaban J connectivity index is 2.16. The summed E-state index contributed by atoms with van der Waals surface area (Å²) in [6.07, 6.45) is 8.43. The van der Waals surface area contributed by atoms with Gasteiger partial charge in [0, 0.05) is 24.7 Å². The largest absolute Gasteiger partial charge is 0.369 e. The molecule has 1 fully saturated rings. The summed E-state index contributed by atoms with van der Waals surface area (Å²) in [7, 11) is 0. The Hall–Kier alpha value is -0.450. The third-order valence-corrected chi connectivity index (χ3v) is 4.45. The molecule has 0 saturated carbocycles. The Morgan fingerprint density at radius 3 is 2.76 bits per heavy atom. The summed E-state index contributed by atoms with van der Waals surface area (Å²) in [5.74, 6) is 0. The first-order valence-corrected chi connectivity index (χ1v) is 7.52. The first-order valence-electron chi connectivity index (χ1n) is 6.65. The van der Waals surface area contributed by atoms with Crippen molar-refractivity contribution in [2.24, 2.45) is 0 Å². The molecule has 2 heterocycles. The molecule has 2 rings (SSSR count). The highest BCUT2D eigenvalue weighted by molar-refractivity contribution is 7.09. The van der Waals surface area contributed by atoms with Gasteiger partial charge in [0.25, 0.3) is 0 Å². The molecule has 1 aliphatic rings. The van der Waals surface area contributed by atoms with Crippen molar-refractivity contribution < 1.29 is 5.11 Å². The molecule has 0 radical (unpaired) electrons. The number of hydrogen-bond donors (Lipinski definition) is 1. The van der Waals surface area contributed by atoms with E-state index in [9.17, 15) is 5.11 Å². The van der Waals surface area contributed by atoms with Crippen molar-refractivity contribution in [3.05, 3.63) is 16.6 Å². The molecular formula is C13H22N2OS. The molecule has 0 spiro atoms. The van der Waals surface area contributed by atoms with Crippen molar-refractivity contribution in [3.8, 4) is 0 Å². The Morgan fingerprint density at radius 1 is 1.41 bits per heavy atom. The Labute approximate surface area is 107 Å². The van der Waals surface area contributed by atoms with E-state index in [2.05, 4.69) is 16.8 Å². The zero-order valence-corrected chi connectivity index (χ0v) is 11.4. The lowest BCUT2D eigenvalue weighted by molar-refractivity contribution is -0.130. The molecule has 0 amide bonds. The maximum Gasteiger partial charge on any atom is 0.171 e. The molecule has 0 bridgehead atoms. The van der Waals surface area contributed by atoms with Crippen molar-refractivity contribution in [1.82, 2.24) is 9.88 Å². The molecule has 1 aliphatic heterocycles. The van der Waals surface area contributed by atoms with Gasteiger partial charge in [-0.05, 0) is 25.7 Å². The van der Waals surface area contributed by atoms with E-state index in [0.717, 1.165) is 37.4 Å². The maximum absolute atomic E-state index is 11.0. The van der Waals surface area contributed by atoms with Crippen molar-refractivity contribution in [3.63, 3.8) is 0 Å². The van der Waals surface area contributed by atoms with Gasteiger partial charge >= 0.3 is 0 Å². The van der Waals surface area contributed by atoms with Crippen LogP contribution in [0.15, 0.2) is 11.6 Å². The second kappa shape index (κ2) is 5.94. The van der Waals surface area contributed by atoms with Gasteiger partial charge in [-0.25, -0.2) is 4.98 Å². The summed E-state index contributed by atoms with van der Waals surface area (Å²) in [6, 6.07) is 0. The Kier molecular flexibility index (Phi) is 4.54. The predicted octanol–water partition coefficient (Wildman–Crippen LogP) is 2.96. The van der Waals surface area contributed by atoms with Crippen LogP contribution in [0.5, 0.6) is 0 Å². The molecule has 4 heteroatoms. The first kappa shape index (κ1) is 13.0. The SMILES string of the molecule is CCCCC(O)(c1nccs1)N1CCCCC1. The van der Waals surface area contributed by atoms with E-state index < -0.39 is 5.72 Å². The van der Waals surface area contributed by atoms with E-state index in [1.54, 1.807) is 17.5 Å². The summed E-state index contributed by atoms with van der Waals surface area (Å²) in [5.41, 5.74) is -0.815. The fraction of sp³-hybridized carbons (Fsp3) is 0.769. The van der Waals surface area contributed by atoms with Gasteiger partial charge in [0.2, 0.25) is 0 Å². The lowest BCUT2D eigenvalue weighted by atomic mass is 10.0. The van der Waals surface area contributed by atoms with Crippen LogP contribution in [0.1, 0.15) is 50.5 Å². The monoisotopic (exact) mass is 254 g/mol. The van der Waals surface area contributed by atoms with Crippen molar-refractivity contribution in [1.29, 1.82) is 0 Å². The van der Waals surface area contributed by atoms with Crippen LogP contribution >= 0.6 is 11.3 Å². The summed E-state index contributed by atoms with van der Waals surface area (Å²) >= 11 is 1.57. The molecule has 1 atom stereocenters. The molecule has 0 aliphatic carbocycles. The average molecular weight is 254 g/mol. The third kappa shape index (κ3) is 2.87. The number of rotatable bonds is 5. The van der Waals surface area contributed by atoms with Crippen LogP contribution in [0.3, 0.4) is 0 Å². The zero-order chi connectivity index (χ0) is 12.1. The van der Waals surface area contributed by atoms with Crippen LogP contribution in [0.2, 0.25) is 0 Å². The van der Waals surface area contributed by atoms with E-state index in [4.69, 9.17) is 0 Å². The van der Waals surface area contributed by atoms with Crippen molar-refractivity contribution >= 4 is 11.3 Å². The van der Waals surface area contributed by atoms with Crippen LogP contribution in [-0.4, -0.2) is 28.1 Å². The third-order valence-electron chi connectivity index (χ3n) is 3.53. The standard InChI is InChI=1S/C13H22N2OS/c1-2-3-7-13(16,12-14-8-11-17-12)15-9-5-4-6-10-15/h8,11,16H,2-7,9-10H2,1H3. The molecular weight excluding hydrogens is 232 g/mol. The fourth-order valence-corrected chi connectivity index (χ4v) is 3.30. The van der Waals surface area contributed by atoms with E-state index in [-0.39, 0.29) is 0 Å². The molecule has 1 N–H and O–H groups in total. The molecule has 17 heavy (non-hydrogen) atoms. The van der Waals surface area contributed by atoms with Crippen LogP contribution in [0.4, 0.5) is 0 Å². The highest BCUT2D eigenvalue weighted by atomic mass is 32.1. The summed E-state index contributed by atoms with van der Waals surface area (Å²) in [4.78, 5) is 6.57. The molecule has 3 nitrogen and oxygen atoms in total. The topological polar surface area (TPSA) is 36.4 Å². The van der Waals surface area contributed by atoms with Crippen molar-refractivity contribution in [2.45, 2.75) is 51.2 Å². The molecule has 0 aromatic carbocycles. The summed E-state index contributed by atoms with van der Waals surface area (Å²) in [5, 5.41) is 13.8. The number of thiazole rings is 1. The van der Waals surface area contributed by atoms with Gasteiger partial charge in [0.15, 0.2) is 5.72 Å². The molecule has 1 aromatic rings. The van der Waals surface area contributed by atoms with E-state index in [0.29, 0.717) is 0 Å². The Morgan fingerprint density at radius 2 is 2.18 bits per heavy atom. The van der Waals surface area contributed by atoms with Gasteiger partial charge in [0.05, 0.1) is 0 Å². The van der Waals surface area contributed by atoms with Gasteiger partial charge < -0.3 is 5.11 Å². The van der Waals surface area contributed by atoms with Crippen LogP contribution in [0.25, 0.3) is 0 Å². The highest BCUT2D eigenvalue weighted by Gasteiger charge is 2.38. The minimum atomic E-state index is -0.815. The molecule has 1 unspecified atom stereocenters. The normalized spacial score (nSPS) is 21.3. The summed E-state index contributed by atoms with van der Waals surface area (Å²) < 4.78 is 0. The minimum Gasteiger partial charge on any atom is -0.369 e. The zero-order valence-electron chi connectivity index (χ0n) is 10.6. The van der Waals surface area contributed by atoms with Gasteiger partial charge in [-0.3, -0.25) is 4.90 Å². The lowest BCUT2D eigenvalue weighted by Gasteiger charge is -2.40. The quantitative estimate of drug-likeness (QED) is 0.877. The van der Waals surface area contributed by atoms with Crippen LogP contribution in [-0.2, 0) is 5.72 Å². The van der Waals surface area contributed by atoms with Gasteiger partial charge in [-0.2, -0.15) is 0 Å². The number of aromatic nitrogens is 1.